The molecule has 3 rings (SSSR count). The molecule has 3 aromatic carbocycles. The second-order valence-corrected chi connectivity index (χ2v) is 7.00. The molecule has 0 saturated carbocycles. The van der Waals surface area contributed by atoms with E-state index in [0.717, 1.165) is 15.6 Å². The van der Waals surface area contributed by atoms with E-state index in [0.29, 0.717) is 21.9 Å². The summed E-state index contributed by atoms with van der Waals surface area (Å²) in [6, 6.07) is 23.2. The van der Waals surface area contributed by atoms with Gasteiger partial charge in [0.25, 0.3) is 0 Å². The molecule has 27 heavy (non-hydrogen) atoms. The monoisotopic (exact) mass is 437 g/mol. The number of esters is 1. The van der Waals surface area contributed by atoms with Crippen LogP contribution in [0.1, 0.15) is 21.5 Å². The Kier molecular flexibility index (Phi) is 6.08. The Morgan fingerprint density at radius 3 is 2.37 bits per heavy atom. The van der Waals surface area contributed by atoms with Crippen LogP contribution in [0.15, 0.2) is 77.3 Å². The molecule has 0 aliphatic rings. The highest BCUT2D eigenvalue weighted by Gasteiger charge is 2.09. The Morgan fingerprint density at radius 2 is 1.70 bits per heavy atom. The topological polar surface area (TPSA) is 50.1 Å². The molecular weight excluding hydrogens is 426 g/mol. The molecule has 0 radical (unpaired) electrons. The number of rotatable bonds is 4. The van der Waals surface area contributed by atoms with Crippen molar-refractivity contribution in [3.63, 3.8) is 0 Å². The van der Waals surface area contributed by atoms with Crippen molar-refractivity contribution in [1.82, 2.24) is 0 Å². The molecule has 5 heteroatoms. The number of benzene rings is 3. The summed E-state index contributed by atoms with van der Waals surface area (Å²) in [7, 11) is 0. The quantitative estimate of drug-likeness (QED) is 0.205. The van der Waals surface area contributed by atoms with E-state index in [-0.39, 0.29) is 0 Å². The minimum atomic E-state index is -0.434. The number of carbonyl (C=O) groups excluding carboxylic acids is 1. The third kappa shape index (κ3) is 5.07. The number of ether oxygens (including phenoxy) is 1. The summed E-state index contributed by atoms with van der Waals surface area (Å²) in [6.45, 7) is 0. The largest absolute Gasteiger partial charge is 0.423 e. The Balaban J connectivity index is 1.77. The summed E-state index contributed by atoms with van der Waals surface area (Å²) in [5.41, 5.74) is 2.52. The number of hydrogen-bond donors (Lipinski definition) is 0. The van der Waals surface area contributed by atoms with Gasteiger partial charge in [-0.05, 0) is 59.7 Å². The van der Waals surface area contributed by atoms with Gasteiger partial charge in [0.2, 0.25) is 0 Å². The van der Waals surface area contributed by atoms with E-state index in [1.54, 1.807) is 66.7 Å². The molecule has 132 valence electrons. The molecule has 0 bridgehead atoms. The maximum Gasteiger partial charge on any atom is 0.343 e. The molecule has 0 aliphatic heterocycles. The van der Waals surface area contributed by atoms with Crippen molar-refractivity contribution in [2.45, 2.75) is 0 Å². The van der Waals surface area contributed by atoms with E-state index in [1.807, 2.05) is 12.1 Å². The molecule has 0 spiro atoms. The zero-order chi connectivity index (χ0) is 19.2. The number of hydrogen-bond acceptors (Lipinski definition) is 3. The predicted molar refractivity (Wildman–Crippen MR) is 110 cm³/mol. The van der Waals surface area contributed by atoms with Crippen LogP contribution in [0.2, 0.25) is 5.02 Å². The van der Waals surface area contributed by atoms with E-state index in [9.17, 15) is 10.1 Å². The summed E-state index contributed by atoms with van der Waals surface area (Å²) in [5.74, 6) is -0.00498. The van der Waals surface area contributed by atoms with Crippen molar-refractivity contribution in [1.29, 1.82) is 5.26 Å². The van der Waals surface area contributed by atoms with Gasteiger partial charge in [0.1, 0.15) is 5.75 Å². The lowest BCUT2D eigenvalue weighted by atomic mass is 10.0. The Bertz CT molecular complexity index is 1050. The van der Waals surface area contributed by atoms with Gasteiger partial charge in [0.15, 0.2) is 0 Å². The predicted octanol–water partition coefficient (Wildman–Crippen LogP) is 6.39. The van der Waals surface area contributed by atoms with Crippen LogP contribution in [0.5, 0.6) is 5.75 Å². The smallest absolute Gasteiger partial charge is 0.343 e. The SMILES string of the molecule is N#C/C(=C/c1ccc(OC(=O)c2cccc(Br)c2)cc1)c1cccc(Cl)c1. The van der Waals surface area contributed by atoms with Gasteiger partial charge < -0.3 is 4.74 Å². The zero-order valence-corrected chi connectivity index (χ0v) is 16.4. The summed E-state index contributed by atoms with van der Waals surface area (Å²) < 4.78 is 6.19. The van der Waals surface area contributed by atoms with Crippen LogP contribution in [-0.4, -0.2) is 5.97 Å². The Morgan fingerprint density at radius 1 is 1.00 bits per heavy atom. The fourth-order valence-corrected chi connectivity index (χ4v) is 3.01. The Hall–Kier alpha value is -2.87. The molecule has 0 amide bonds. The fourth-order valence-electron chi connectivity index (χ4n) is 2.42. The first-order valence-corrected chi connectivity index (χ1v) is 9.18. The molecule has 0 atom stereocenters. The summed E-state index contributed by atoms with van der Waals surface area (Å²) in [5, 5.41) is 9.99. The highest BCUT2D eigenvalue weighted by Crippen LogP contribution is 2.22. The third-order valence-electron chi connectivity index (χ3n) is 3.72. The molecule has 0 heterocycles. The van der Waals surface area contributed by atoms with Crippen molar-refractivity contribution in [2.75, 3.05) is 0 Å². The van der Waals surface area contributed by atoms with Gasteiger partial charge in [-0.15, -0.1) is 0 Å². The number of nitriles is 1. The van der Waals surface area contributed by atoms with Crippen LogP contribution in [0.4, 0.5) is 0 Å². The molecule has 3 aromatic rings. The lowest BCUT2D eigenvalue weighted by Crippen LogP contribution is -2.08. The van der Waals surface area contributed by atoms with Crippen LogP contribution in [0.3, 0.4) is 0 Å². The number of allylic oxidation sites excluding steroid dienone is 1. The lowest BCUT2D eigenvalue weighted by molar-refractivity contribution is 0.0734. The lowest BCUT2D eigenvalue weighted by Gasteiger charge is -2.05. The van der Waals surface area contributed by atoms with E-state index >= 15 is 0 Å². The molecule has 3 nitrogen and oxygen atoms in total. The van der Waals surface area contributed by atoms with Gasteiger partial charge in [-0.1, -0.05) is 57.9 Å². The van der Waals surface area contributed by atoms with E-state index in [2.05, 4.69) is 22.0 Å². The summed E-state index contributed by atoms with van der Waals surface area (Å²) in [4.78, 5) is 12.2. The van der Waals surface area contributed by atoms with Crippen molar-refractivity contribution < 1.29 is 9.53 Å². The standard InChI is InChI=1S/C22H13BrClNO2/c23-19-5-1-4-17(12-19)22(26)27-21-9-7-15(8-10-21)11-18(14-25)16-3-2-6-20(24)13-16/h1-13H/b18-11-. The first-order chi connectivity index (χ1) is 13.0. The van der Waals surface area contributed by atoms with Gasteiger partial charge >= 0.3 is 5.97 Å². The minimum Gasteiger partial charge on any atom is -0.423 e. The number of halogens is 2. The zero-order valence-electron chi connectivity index (χ0n) is 14.0. The normalized spacial score (nSPS) is 10.9. The maximum atomic E-state index is 12.2. The number of nitrogens with zero attached hydrogens (tertiary/aromatic N) is 1. The van der Waals surface area contributed by atoms with Crippen LogP contribution in [0, 0.1) is 11.3 Å². The van der Waals surface area contributed by atoms with Gasteiger partial charge in [-0.2, -0.15) is 5.26 Å². The van der Waals surface area contributed by atoms with Crippen molar-refractivity contribution in [3.8, 4) is 11.8 Å². The van der Waals surface area contributed by atoms with E-state index < -0.39 is 5.97 Å². The highest BCUT2D eigenvalue weighted by molar-refractivity contribution is 9.10. The van der Waals surface area contributed by atoms with Gasteiger partial charge in [-0.3, -0.25) is 0 Å². The first kappa shape index (κ1) is 18.9. The first-order valence-electron chi connectivity index (χ1n) is 8.01. The van der Waals surface area contributed by atoms with Crippen LogP contribution < -0.4 is 4.74 Å². The average Bonchev–Trinajstić information content (AvgIpc) is 2.67. The van der Waals surface area contributed by atoms with Gasteiger partial charge in [0, 0.05) is 9.50 Å². The van der Waals surface area contributed by atoms with Crippen molar-refractivity contribution in [3.05, 3.63) is 99.0 Å². The molecule has 0 unspecified atom stereocenters. The Labute approximate surface area is 170 Å². The van der Waals surface area contributed by atoms with Crippen LogP contribution in [0.25, 0.3) is 11.6 Å². The van der Waals surface area contributed by atoms with Gasteiger partial charge in [-0.25, -0.2) is 4.79 Å². The molecule has 0 aromatic heterocycles. The molecule has 0 fully saturated rings. The maximum absolute atomic E-state index is 12.2. The van der Waals surface area contributed by atoms with E-state index in [1.165, 1.54) is 0 Å². The highest BCUT2D eigenvalue weighted by atomic mass is 79.9. The summed E-state index contributed by atoms with van der Waals surface area (Å²) >= 11 is 9.32. The molecular formula is C22H13BrClNO2. The fraction of sp³-hybridized carbons (Fsp3) is 0. The van der Waals surface area contributed by atoms with Crippen molar-refractivity contribution >= 4 is 45.1 Å². The third-order valence-corrected chi connectivity index (χ3v) is 4.45. The molecule has 0 saturated heterocycles. The van der Waals surface area contributed by atoms with Crippen molar-refractivity contribution in [2.24, 2.45) is 0 Å². The average molecular weight is 439 g/mol. The molecule has 0 N–H and O–H groups in total. The second-order valence-electron chi connectivity index (χ2n) is 5.65. The number of carbonyl (C=O) groups is 1. The van der Waals surface area contributed by atoms with Crippen LogP contribution in [-0.2, 0) is 0 Å². The van der Waals surface area contributed by atoms with Crippen LogP contribution >= 0.6 is 27.5 Å². The summed E-state index contributed by atoms with van der Waals surface area (Å²) in [6.07, 6.45) is 1.76. The van der Waals surface area contributed by atoms with E-state index in [4.69, 9.17) is 16.3 Å². The second kappa shape index (κ2) is 8.68. The van der Waals surface area contributed by atoms with Gasteiger partial charge in [0.05, 0.1) is 17.2 Å². The molecule has 0 aliphatic carbocycles. The minimum absolute atomic E-state index is 0.429.